The highest BCUT2D eigenvalue weighted by molar-refractivity contribution is 5.92. The number of aromatic nitrogens is 2. The molecule has 134 valence electrons. The van der Waals surface area contributed by atoms with E-state index in [1.54, 1.807) is 4.90 Å². The van der Waals surface area contributed by atoms with E-state index in [-0.39, 0.29) is 23.6 Å². The summed E-state index contributed by atoms with van der Waals surface area (Å²) in [6.07, 6.45) is 1.90. The van der Waals surface area contributed by atoms with Gasteiger partial charge in [-0.05, 0) is 31.1 Å². The van der Waals surface area contributed by atoms with Crippen LogP contribution in [0, 0.1) is 11.8 Å². The number of likely N-dealkylation sites (tertiary alicyclic amines) is 1. The first-order valence-corrected chi connectivity index (χ1v) is 8.46. The van der Waals surface area contributed by atoms with Crippen LogP contribution in [-0.4, -0.2) is 44.2 Å². The monoisotopic (exact) mass is 337 g/mol. The van der Waals surface area contributed by atoms with E-state index in [1.807, 2.05) is 0 Å². The Labute approximate surface area is 141 Å². The third-order valence-corrected chi connectivity index (χ3v) is 4.83. The summed E-state index contributed by atoms with van der Waals surface area (Å²) in [5, 5.41) is 10.2. The van der Waals surface area contributed by atoms with Gasteiger partial charge in [-0.1, -0.05) is 13.8 Å². The number of carbonyl (C=O) groups is 1. The van der Waals surface area contributed by atoms with Crippen LogP contribution < -0.4 is 11.2 Å². The molecule has 1 N–H and O–H groups in total. The third-order valence-electron chi connectivity index (χ3n) is 4.83. The minimum Gasteiger partial charge on any atom is -0.393 e. The van der Waals surface area contributed by atoms with Crippen molar-refractivity contribution >= 4 is 5.91 Å². The number of carbonyl (C=O) groups excluding carboxylic acids is 1. The fraction of sp³-hybridized carbons (Fsp3) is 0.706. The molecule has 0 aromatic carbocycles. The first kappa shape index (κ1) is 18.4. The minimum absolute atomic E-state index is 0.115. The van der Waals surface area contributed by atoms with Gasteiger partial charge in [-0.3, -0.25) is 18.7 Å². The van der Waals surface area contributed by atoms with Gasteiger partial charge in [-0.25, -0.2) is 4.79 Å². The van der Waals surface area contributed by atoms with Gasteiger partial charge in [0.2, 0.25) is 0 Å². The summed E-state index contributed by atoms with van der Waals surface area (Å²) in [6.45, 7) is 5.22. The van der Waals surface area contributed by atoms with Crippen molar-refractivity contribution < 1.29 is 9.90 Å². The third kappa shape index (κ3) is 3.77. The zero-order chi connectivity index (χ0) is 18.0. The van der Waals surface area contributed by atoms with Gasteiger partial charge in [0.15, 0.2) is 0 Å². The Hall–Kier alpha value is -1.89. The predicted molar refractivity (Wildman–Crippen MR) is 91.0 cm³/mol. The topological polar surface area (TPSA) is 84.5 Å². The average Bonchev–Trinajstić information content (AvgIpc) is 2.55. The normalized spacial score (nSPS) is 17.3. The fourth-order valence-corrected chi connectivity index (χ4v) is 3.26. The predicted octanol–water partition coefficient (Wildman–Crippen LogP) is 0.343. The van der Waals surface area contributed by atoms with Crippen molar-refractivity contribution in [3.63, 3.8) is 0 Å². The number of piperidine rings is 1. The number of hydrogen-bond donors (Lipinski definition) is 1. The second-order valence-electron chi connectivity index (χ2n) is 7.09. The van der Waals surface area contributed by atoms with Crippen LogP contribution in [0.15, 0.2) is 15.7 Å². The van der Waals surface area contributed by atoms with Crippen LogP contribution in [0.3, 0.4) is 0 Å². The summed E-state index contributed by atoms with van der Waals surface area (Å²) < 4.78 is 2.19. The van der Waals surface area contributed by atoms with E-state index in [1.165, 1.54) is 24.7 Å². The number of nitrogens with zero attached hydrogens (tertiary/aromatic N) is 3. The van der Waals surface area contributed by atoms with Crippen LogP contribution in [0.1, 0.15) is 43.6 Å². The van der Waals surface area contributed by atoms with E-state index in [2.05, 4.69) is 13.8 Å². The maximum atomic E-state index is 12.6. The fourth-order valence-electron chi connectivity index (χ4n) is 3.26. The zero-order valence-corrected chi connectivity index (χ0v) is 14.9. The van der Waals surface area contributed by atoms with Crippen molar-refractivity contribution in [1.29, 1.82) is 0 Å². The molecule has 1 aliphatic rings. The van der Waals surface area contributed by atoms with Crippen molar-refractivity contribution in [3.8, 4) is 0 Å². The molecule has 1 aromatic rings. The van der Waals surface area contributed by atoms with E-state index >= 15 is 0 Å². The Morgan fingerprint density at radius 2 is 1.79 bits per heavy atom. The molecule has 0 aliphatic carbocycles. The van der Waals surface area contributed by atoms with Gasteiger partial charge >= 0.3 is 5.69 Å². The van der Waals surface area contributed by atoms with Crippen molar-refractivity contribution in [3.05, 3.63) is 32.6 Å². The second kappa shape index (κ2) is 7.34. The second-order valence-corrected chi connectivity index (χ2v) is 7.09. The van der Waals surface area contributed by atoms with Crippen LogP contribution in [0.5, 0.6) is 0 Å². The standard InChI is InChI=1S/C17H27N3O4/c1-11(2)9-14(21)12-5-7-20(8-6-12)16(23)13-10-15(22)19(4)17(24)18(13)3/h10-12,14,21H,5-9H2,1-4H3. The lowest BCUT2D eigenvalue weighted by molar-refractivity contribution is 0.0379. The Balaban J connectivity index is 2.09. The Bertz CT molecular complexity index is 712. The van der Waals surface area contributed by atoms with Gasteiger partial charge in [0.1, 0.15) is 5.69 Å². The molecule has 1 saturated heterocycles. The quantitative estimate of drug-likeness (QED) is 0.859. The molecule has 1 atom stereocenters. The number of aliphatic hydroxyl groups excluding tert-OH is 1. The van der Waals surface area contributed by atoms with E-state index in [0.717, 1.165) is 23.8 Å². The van der Waals surface area contributed by atoms with Crippen molar-refractivity contribution in [2.45, 2.75) is 39.2 Å². The lowest BCUT2D eigenvalue weighted by Crippen LogP contribution is -2.45. The van der Waals surface area contributed by atoms with Crippen LogP contribution in [0.25, 0.3) is 0 Å². The first-order chi connectivity index (χ1) is 11.2. The van der Waals surface area contributed by atoms with Gasteiger partial charge in [0.25, 0.3) is 11.5 Å². The highest BCUT2D eigenvalue weighted by atomic mass is 16.3. The molecule has 7 heteroatoms. The van der Waals surface area contributed by atoms with E-state index in [9.17, 15) is 19.5 Å². The van der Waals surface area contributed by atoms with Gasteiger partial charge < -0.3 is 10.0 Å². The first-order valence-electron chi connectivity index (χ1n) is 8.46. The highest BCUT2D eigenvalue weighted by Crippen LogP contribution is 2.25. The summed E-state index contributed by atoms with van der Waals surface area (Å²) in [6, 6.07) is 1.21. The molecule has 1 aliphatic heterocycles. The summed E-state index contributed by atoms with van der Waals surface area (Å²) in [7, 11) is 2.88. The summed E-state index contributed by atoms with van der Waals surface area (Å²) in [4.78, 5) is 38.1. The molecule has 0 bridgehead atoms. The lowest BCUT2D eigenvalue weighted by Gasteiger charge is -2.35. The smallest absolute Gasteiger partial charge is 0.331 e. The molecule has 1 unspecified atom stereocenters. The lowest BCUT2D eigenvalue weighted by atomic mass is 9.87. The Kier molecular flexibility index (Phi) is 5.64. The maximum Gasteiger partial charge on any atom is 0.331 e. The largest absolute Gasteiger partial charge is 0.393 e. The molecule has 0 spiro atoms. The molecule has 1 fully saturated rings. The highest BCUT2D eigenvalue weighted by Gasteiger charge is 2.29. The van der Waals surface area contributed by atoms with Crippen molar-refractivity contribution in [2.75, 3.05) is 13.1 Å². The summed E-state index contributed by atoms with van der Waals surface area (Å²) >= 11 is 0. The summed E-state index contributed by atoms with van der Waals surface area (Å²) in [5.41, 5.74) is -0.874. The van der Waals surface area contributed by atoms with Crippen LogP contribution >= 0.6 is 0 Å². The molecular formula is C17H27N3O4. The van der Waals surface area contributed by atoms with E-state index < -0.39 is 11.2 Å². The zero-order valence-electron chi connectivity index (χ0n) is 14.9. The van der Waals surface area contributed by atoms with E-state index in [0.29, 0.717) is 19.0 Å². The SMILES string of the molecule is CC(C)CC(O)C1CCN(C(=O)c2cc(=O)n(C)c(=O)n2C)CC1. The molecule has 0 saturated carbocycles. The van der Waals surface area contributed by atoms with E-state index in [4.69, 9.17) is 0 Å². The number of hydrogen-bond acceptors (Lipinski definition) is 4. The van der Waals surface area contributed by atoms with Gasteiger partial charge in [-0.2, -0.15) is 0 Å². The van der Waals surface area contributed by atoms with Crippen LogP contribution in [-0.2, 0) is 14.1 Å². The van der Waals surface area contributed by atoms with Gasteiger partial charge in [0, 0.05) is 33.3 Å². The van der Waals surface area contributed by atoms with Crippen LogP contribution in [0.4, 0.5) is 0 Å². The van der Waals surface area contributed by atoms with Gasteiger partial charge in [-0.15, -0.1) is 0 Å². The van der Waals surface area contributed by atoms with Crippen molar-refractivity contribution in [1.82, 2.24) is 14.0 Å². The average molecular weight is 337 g/mol. The number of aliphatic hydroxyl groups is 1. The molecule has 2 rings (SSSR count). The maximum absolute atomic E-state index is 12.6. The number of amides is 1. The molecule has 1 amide bonds. The number of rotatable bonds is 4. The molecule has 0 radical (unpaired) electrons. The Morgan fingerprint density at radius 1 is 1.21 bits per heavy atom. The molecule has 2 heterocycles. The molecular weight excluding hydrogens is 310 g/mol. The Morgan fingerprint density at radius 3 is 2.33 bits per heavy atom. The van der Waals surface area contributed by atoms with Crippen molar-refractivity contribution in [2.24, 2.45) is 25.9 Å². The molecule has 24 heavy (non-hydrogen) atoms. The molecule has 7 nitrogen and oxygen atoms in total. The van der Waals surface area contributed by atoms with Gasteiger partial charge in [0.05, 0.1) is 6.10 Å². The summed E-state index contributed by atoms with van der Waals surface area (Å²) in [5.74, 6) is 0.336. The molecule has 1 aromatic heterocycles. The van der Waals surface area contributed by atoms with Crippen LogP contribution in [0.2, 0.25) is 0 Å². The minimum atomic E-state index is -0.506.